The van der Waals surface area contributed by atoms with Crippen molar-refractivity contribution in [2.45, 2.75) is 10.8 Å². The monoisotopic (exact) mass is 347 g/mol. The molecule has 0 aliphatic heterocycles. The molecule has 1 amide bonds. The molecule has 0 aliphatic carbocycles. The normalized spacial score (nSPS) is 11.8. The first kappa shape index (κ1) is 19.7. The topological polar surface area (TPSA) is 119 Å². The number of alkyl halides is 2. The number of aromatic nitrogens is 2. The first-order valence-corrected chi connectivity index (χ1v) is 6.97. The quantitative estimate of drug-likeness (QED) is 0.574. The van der Waals surface area contributed by atoms with Crippen LogP contribution in [0.15, 0.2) is 17.3 Å². The zero-order valence-corrected chi connectivity index (χ0v) is 12.7. The van der Waals surface area contributed by atoms with Gasteiger partial charge in [0.15, 0.2) is 0 Å². The Morgan fingerprint density at radius 1 is 1.52 bits per heavy atom. The Kier molecular flexibility index (Phi) is 7.16. The number of hydrogen-bond acceptors (Lipinski definition) is 5. The number of hydrogen-bond donors (Lipinski definition) is 3. The fraction of sp³-hybridized carbons (Fsp3) is 0.556. The van der Waals surface area contributed by atoms with E-state index >= 15 is 0 Å². The summed E-state index contributed by atoms with van der Waals surface area (Å²) in [7, 11) is -2.37. The van der Waals surface area contributed by atoms with Crippen molar-refractivity contribution in [2.75, 3.05) is 19.6 Å². The average molecular weight is 348 g/mol. The van der Waals surface area contributed by atoms with Crippen molar-refractivity contribution in [1.82, 2.24) is 19.8 Å². The van der Waals surface area contributed by atoms with E-state index in [4.69, 9.17) is 5.73 Å². The van der Waals surface area contributed by atoms with Gasteiger partial charge in [0.05, 0.1) is 25.8 Å². The first-order valence-electron chi connectivity index (χ1n) is 5.49. The standard InChI is InChI=1S/C9H15F2N5O3S.ClH/c1-16-4-7(2-14-16)20(18,19)15-3-8(17)13-6-9(10,11)5-12;/h2,4,15H,3,5-6,12H2,1H3,(H,13,17);1H. The molecule has 0 saturated heterocycles. The van der Waals surface area contributed by atoms with Crippen molar-refractivity contribution >= 4 is 28.3 Å². The van der Waals surface area contributed by atoms with E-state index in [0.717, 1.165) is 6.20 Å². The maximum atomic E-state index is 12.8. The Balaban J connectivity index is 0.00000400. The molecule has 0 atom stereocenters. The number of amides is 1. The minimum atomic E-state index is -3.90. The molecule has 0 bridgehead atoms. The predicted octanol–water partition coefficient (Wildman–Crippen LogP) is -1.17. The summed E-state index contributed by atoms with van der Waals surface area (Å²) in [6.45, 7) is -2.51. The molecule has 1 heterocycles. The Labute approximate surface area is 126 Å². The van der Waals surface area contributed by atoms with Crippen LogP contribution in [0.3, 0.4) is 0 Å². The summed E-state index contributed by atoms with van der Waals surface area (Å²) >= 11 is 0. The van der Waals surface area contributed by atoms with E-state index in [1.54, 1.807) is 0 Å². The van der Waals surface area contributed by atoms with E-state index in [0.29, 0.717) is 0 Å². The number of rotatable bonds is 7. The van der Waals surface area contributed by atoms with Crippen LogP contribution in [0, 0.1) is 0 Å². The number of carbonyl (C=O) groups excluding carboxylic acids is 1. The molecule has 21 heavy (non-hydrogen) atoms. The van der Waals surface area contributed by atoms with Gasteiger partial charge in [-0.1, -0.05) is 0 Å². The molecule has 1 aromatic heterocycles. The van der Waals surface area contributed by atoms with Gasteiger partial charge in [-0.25, -0.2) is 21.9 Å². The van der Waals surface area contributed by atoms with Crippen LogP contribution in [0.1, 0.15) is 0 Å². The number of aryl methyl sites for hydroxylation is 1. The van der Waals surface area contributed by atoms with Crippen LogP contribution in [0.5, 0.6) is 0 Å². The van der Waals surface area contributed by atoms with Gasteiger partial charge in [-0.05, 0) is 0 Å². The fourth-order valence-electron chi connectivity index (χ4n) is 1.14. The van der Waals surface area contributed by atoms with E-state index in [-0.39, 0.29) is 17.3 Å². The van der Waals surface area contributed by atoms with E-state index in [9.17, 15) is 22.0 Å². The van der Waals surface area contributed by atoms with Crippen LogP contribution in [0.2, 0.25) is 0 Å². The Morgan fingerprint density at radius 3 is 2.62 bits per heavy atom. The van der Waals surface area contributed by atoms with Crippen LogP contribution in [0.4, 0.5) is 8.78 Å². The summed E-state index contributed by atoms with van der Waals surface area (Å²) in [4.78, 5) is 11.1. The van der Waals surface area contributed by atoms with Crippen molar-refractivity contribution in [2.24, 2.45) is 12.8 Å². The summed E-state index contributed by atoms with van der Waals surface area (Å²) < 4.78 is 52.2. The van der Waals surface area contributed by atoms with Gasteiger partial charge in [0.25, 0.3) is 5.92 Å². The molecule has 0 saturated carbocycles. The van der Waals surface area contributed by atoms with Crippen LogP contribution in [0.25, 0.3) is 0 Å². The summed E-state index contributed by atoms with van der Waals surface area (Å²) in [5.41, 5.74) is 4.79. The van der Waals surface area contributed by atoms with E-state index in [1.807, 2.05) is 10.0 Å². The zero-order valence-electron chi connectivity index (χ0n) is 11.0. The molecule has 0 radical (unpaired) electrons. The van der Waals surface area contributed by atoms with Gasteiger partial charge in [-0.2, -0.15) is 5.10 Å². The van der Waals surface area contributed by atoms with Crippen molar-refractivity contribution in [3.8, 4) is 0 Å². The molecule has 8 nitrogen and oxygen atoms in total. The molecule has 0 fully saturated rings. The summed E-state index contributed by atoms with van der Waals surface area (Å²) in [6.07, 6.45) is 2.34. The lowest BCUT2D eigenvalue weighted by Gasteiger charge is -2.14. The molecule has 4 N–H and O–H groups in total. The first-order chi connectivity index (χ1) is 9.16. The predicted molar refractivity (Wildman–Crippen MR) is 72.7 cm³/mol. The lowest BCUT2D eigenvalue weighted by Crippen LogP contribution is -2.44. The maximum Gasteiger partial charge on any atom is 0.277 e. The van der Waals surface area contributed by atoms with Gasteiger partial charge < -0.3 is 11.1 Å². The number of nitrogens with zero attached hydrogens (tertiary/aromatic N) is 2. The average Bonchev–Trinajstić information content (AvgIpc) is 2.82. The number of nitrogens with two attached hydrogens (primary N) is 1. The van der Waals surface area contributed by atoms with Crippen molar-refractivity contribution < 1.29 is 22.0 Å². The molecule has 0 aliphatic rings. The third-order valence-corrected chi connectivity index (χ3v) is 3.61. The molecule has 122 valence electrons. The number of nitrogens with one attached hydrogen (secondary N) is 2. The molecule has 0 unspecified atom stereocenters. The maximum absolute atomic E-state index is 12.8. The van der Waals surface area contributed by atoms with E-state index < -0.39 is 41.5 Å². The molecular weight excluding hydrogens is 332 g/mol. The third-order valence-electron chi connectivity index (χ3n) is 2.26. The Morgan fingerprint density at radius 2 is 2.14 bits per heavy atom. The molecule has 1 rings (SSSR count). The minimum absolute atomic E-state index is 0. The van der Waals surface area contributed by atoms with Gasteiger partial charge >= 0.3 is 0 Å². The molecule has 1 aromatic rings. The van der Waals surface area contributed by atoms with Gasteiger partial charge in [0.1, 0.15) is 4.90 Å². The van der Waals surface area contributed by atoms with Crippen LogP contribution in [-0.4, -0.2) is 49.7 Å². The zero-order chi connectivity index (χ0) is 15.4. The van der Waals surface area contributed by atoms with Crippen molar-refractivity contribution in [3.63, 3.8) is 0 Å². The molecule has 0 aromatic carbocycles. The second-order valence-corrected chi connectivity index (χ2v) is 5.78. The second kappa shape index (κ2) is 7.64. The van der Waals surface area contributed by atoms with E-state index in [2.05, 4.69) is 5.10 Å². The number of halogens is 3. The van der Waals surface area contributed by atoms with Crippen LogP contribution < -0.4 is 15.8 Å². The largest absolute Gasteiger partial charge is 0.349 e. The minimum Gasteiger partial charge on any atom is -0.349 e. The van der Waals surface area contributed by atoms with E-state index in [1.165, 1.54) is 17.9 Å². The van der Waals surface area contributed by atoms with Gasteiger partial charge in [-0.3, -0.25) is 9.48 Å². The Bertz CT molecular complexity index is 578. The Hall–Kier alpha value is -1.30. The summed E-state index contributed by atoms with van der Waals surface area (Å²) in [6, 6.07) is 0. The lowest BCUT2D eigenvalue weighted by atomic mass is 10.3. The molecule has 0 spiro atoms. The fourth-order valence-corrected chi connectivity index (χ4v) is 2.11. The van der Waals surface area contributed by atoms with Crippen molar-refractivity contribution in [1.29, 1.82) is 0 Å². The van der Waals surface area contributed by atoms with Gasteiger partial charge in [-0.15, -0.1) is 12.4 Å². The second-order valence-electron chi connectivity index (χ2n) is 4.01. The molecule has 12 heteroatoms. The summed E-state index contributed by atoms with van der Waals surface area (Å²) in [5.74, 6) is -4.11. The highest BCUT2D eigenvalue weighted by atomic mass is 35.5. The highest BCUT2D eigenvalue weighted by Gasteiger charge is 2.27. The lowest BCUT2D eigenvalue weighted by molar-refractivity contribution is -0.121. The van der Waals surface area contributed by atoms with Crippen LogP contribution in [-0.2, 0) is 21.9 Å². The highest BCUT2D eigenvalue weighted by Crippen LogP contribution is 2.08. The van der Waals surface area contributed by atoms with Gasteiger partial charge in [0, 0.05) is 13.2 Å². The smallest absolute Gasteiger partial charge is 0.277 e. The highest BCUT2D eigenvalue weighted by molar-refractivity contribution is 7.89. The third kappa shape index (κ3) is 6.33. The number of sulfonamides is 1. The van der Waals surface area contributed by atoms with Gasteiger partial charge in [0.2, 0.25) is 15.9 Å². The SMILES string of the molecule is Cl.Cn1cc(S(=O)(=O)NCC(=O)NCC(F)(F)CN)cn1. The van der Waals surface area contributed by atoms with Crippen molar-refractivity contribution in [3.05, 3.63) is 12.4 Å². The molecular formula is C9H16ClF2N5O3S. The number of carbonyl (C=O) groups is 1. The summed E-state index contributed by atoms with van der Waals surface area (Å²) in [5, 5.41) is 5.56. The van der Waals surface area contributed by atoms with Crippen LogP contribution >= 0.6 is 12.4 Å².